The molecule has 0 saturated heterocycles. The van der Waals surface area contributed by atoms with Crippen molar-refractivity contribution in [1.29, 1.82) is 0 Å². The predicted octanol–water partition coefficient (Wildman–Crippen LogP) is 3.70. The molecule has 96 valence electrons. The first-order valence-electron chi connectivity index (χ1n) is 5.65. The first-order valence-corrected chi connectivity index (χ1v) is 7.26. The number of ether oxygens (including phenoxy) is 1. The fourth-order valence-corrected chi connectivity index (χ4v) is 2.90. The predicted molar refractivity (Wildman–Crippen MR) is 79.5 cm³/mol. The fraction of sp³-hybridized carbons (Fsp3) is 0.0769. The lowest BCUT2D eigenvalue weighted by atomic mass is 10.1. The quantitative estimate of drug-likeness (QED) is 0.792. The Morgan fingerprint density at radius 1 is 1.16 bits per heavy atom. The van der Waals surface area contributed by atoms with Gasteiger partial charge in [-0.3, -0.25) is 0 Å². The summed E-state index contributed by atoms with van der Waals surface area (Å²) in [6.45, 7) is 0.375. The van der Waals surface area contributed by atoms with Crippen molar-refractivity contribution in [3.05, 3.63) is 45.9 Å². The highest BCUT2D eigenvalue weighted by molar-refractivity contribution is 9.10. The third-order valence-corrected chi connectivity index (χ3v) is 4.29. The maximum atomic E-state index is 5.74. The summed E-state index contributed by atoms with van der Waals surface area (Å²) in [4.78, 5) is 0. The number of halogens is 1. The Bertz CT molecular complexity index is 729. The average molecular weight is 336 g/mol. The molecule has 2 N–H and O–H groups in total. The topological polar surface area (TPSA) is 61.0 Å². The number of nitrogens with zero attached hydrogens (tertiary/aromatic N) is 2. The van der Waals surface area contributed by atoms with Crippen LogP contribution in [-0.2, 0) is 6.54 Å². The summed E-state index contributed by atoms with van der Waals surface area (Å²) in [5.41, 5.74) is 5.50. The molecule has 6 heteroatoms. The van der Waals surface area contributed by atoms with Crippen LogP contribution in [-0.4, -0.2) is 10.2 Å². The SMILES string of the molecule is NCc1nnc(Oc2ccc3ccccc3c2Br)s1. The standard InChI is InChI=1S/C13H10BrN3OS/c14-12-9-4-2-1-3-8(9)5-6-10(12)18-13-17-16-11(7-15)19-13/h1-6H,7,15H2. The third-order valence-electron chi connectivity index (χ3n) is 2.65. The lowest BCUT2D eigenvalue weighted by Gasteiger charge is -2.07. The largest absolute Gasteiger partial charge is 0.429 e. The molecule has 0 unspecified atom stereocenters. The summed E-state index contributed by atoms with van der Waals surface area (Å²) < 4.78 is 6.65. The number of nitrogens with two attached hydrogens (primary N) is 1. The van der Waals surface area contributed by atoms with E-state index in [9.17, 15) is 0 Å². The molecule has 3 rings (SSSR count). The molecule has 0 atom stereocenters. The van der Waals surface area contributed by atoms with Gasteiger partial charge in [-0.1, -0.05) is 46.8 Å². The zero-order chi connectivity index (χ0) is 13.2. The first kappa shape index (κ1) is 12.5. The first-order chi connectivity index (χ1) is 9.28. The second kappa shape index (κ2) is 5.24. The van der Waals surface area contributed by atoms with Crippen molar-refractivity contribution in [3.8, 4) is 10.9 Å². The minimum Gasteiger partial charge on any atom is -0.429 e. The number of hydrogen-bond donors (Lipinski definition) is 1. The Labute approximate surface area is 122 Å². The molecule has 1 heterocycles. The number of benzene rings is 2. The molecule has 1 aromatic heterocycles. The molecule has 0 amide bonds. The van der Waals surface area contributed by atoms with Crippen molar-refractivity contribution in [2.75, 3.05) is 0 Å². The molecule has 0 radical (unpaired) electrons. The van der Waals surface area contributed by atoms with Crippen molar-refractivity contribution in [1.82, 2.24) is 10.2 Å². The van der Waals surface area contributed by atoms with Gasteiger partial charge in [0.1, 0.15) is 10.8 Å². The van der Waals surface area contributed by atoms with Gasteiger partial charge < -0.3 is 10.5 Å². The van der Waals surface area contributed by atoms with Crippen LogP contribution >= 0.6 is 27.3 Å². The third kappa shape index (κ3) is 2.47. The fourth-order valence-electron chi connectivity index (χ4n) is 1.75. The van der Waals surface area contributed by atoms with Gasteiger partial charge in [0.25, 0.3) is 5.19 Å². The highest BCUT2D eigenvalue weighted by Crippen LogP contribution is 2.36. The summed E-state index contributed by atoms with van der Waals surface area (Å²) in [6, 6.07) is 12.0. The molecule has 2 aromatic carbocycles. The lowest BCUT2D eigenvalue weighted by molar-refractivity contribution is 0.471. The van der Waals surface area contributed by atoms with Crippen LogP contribution in [0.5, 0.6) is 10.9 Å². The Morgan fingerprint density at radius 2 is 2.00 bits per heavy atom. The van der Waals surface area contributed by atoms with Crippen LogP contribution in [0, 0.1) is 0 Å². The van der Waals surface area contributed by atoms with Crippen LogP contribution in [0.1, 0.15) is 5.01 Å². The summed E-state index contributed by atoms with van der Waals surface area (Å²) >= 11 is 4.92. The van der Waals surface area contributed by atoms with E-state index in [0.29, 0.717) is 11.7 Å². The molecule has 0 aliphatic carbocycles. The number of rotatable bonds is 3. The van der Waals surface area contributed by atoms with Crippen LogP contribution in [0.2, 0.25) is 0 Å². The molecule has 0 spiro atoms. The van der Waals surface area contributed by atoms with Gasteiger partial charge in [-0.25, -0.2) is 0 Å². The van der Waals surface area contributed by atoms with Gasteiger partial charge in [0.2, 0.25) is 0 Å². The normalized spacial score (nSPS) is 10.8. The number of fused-ring (bicyclic) bond motifs is 1. The Hall–Kier alpha value is -1.50. The van der Waals surface area contributed by atoms with Crippen LogP contribution in [0.4, 0.5) is 0 Å². The van der Waals surface area contributed by atoms with Crippen LogP contribution in [0.3, 0.4) is 0 Å². The van der Waals surface area contributed by atoms with Gasteiger partial charge in [0.05, 0.1) is 4.47 Å². The molecular formula is C13H10BrN3OS. The number of hydrogen-bond acceptors (Lipinski definition) is 5. The zero-order valence-electron chi connectivity index (χ0n) is 9.84. The maximum Gasteiger partial charge on any atom is 0.299 e. The van der Waals surface area contributed by atoms with Crippen molar-refractivity contribution in [2.24, 2.45) is 5.73 Å². The molecular weight excluding hydrogens is 326 g/mol. The summed E-state index contributed by atoms with van der Waals surface area (Å²) in [6.07, 6.45) is 0. The number of aromatic nitrogens is 2. The van der Waals surface area contributed by atoms with E-state index in [1.165, 1.54) is 11.3 Å². The molecule has 0 saturated carbocycles. The van der Waals surface area contributed by atoms with Crippen molar-refractivity contribution >= 4 is 38.0 Å². The monoisotopic (exact) mass is 335 g/mol. The van der Waals surface area contributed by atoms with E-state index in [4.69, 9.17) is 10.5 Å². The Kier molecular flexibility index (Phi) is 3.46. The van der Waals surface area contributed by atoms with E-state index < -0.39 is 0 Å². The molecule has 0 aliphatic heterocycles. The van der Waals surface area contributed by atoms with Gasteiger partial charge in [-0.05, 0) is 32.8 Å². The minimum absolute atomic E-state index is 0.375. The lowest BCUT2D eigenvalue weighted by Crippen LogP contribution is -1.94. The summed E-state index contributed by atoms with van der Waals surface area (Å²) in [5, 5.41) is 11.4. The van der Waals surface area contributed by atoms with E-state index >= 15 is 0 Å². The van der Waals surface area contributed by atoms with E-state index in [-0.39, 0.29) is 0 Å². The molecule has 0 bridgehead atoms. The van der Waals surface area contributed by atoms with Crippen molar-refractivity contribution in [2.45, 2.75) is 6.54 Å². The van der Waals surface area contributed by atoms with E-state index in [2.05, 4.69) is 32.2 Å². The second-order valence-corrected chi connectivity index (χ2v) is 5.68. The summed E-state index contributed by atoms with van der Waals surface area (Å²) in [5.74, 6) is 0.721. The highest BCUT2D eigenvalue weighted by atomic mass is 79.9. The van der Waals surface area contributed by atoms with Crippen molar-refractivity contribution in [3.63, 3.8) is 0 Å². The molecule has 3 aromatic rings. The average Bonchev–Trinajstić information content (AvgIpc) is 2.90. The van der Waals surface area contributed by atoms with Crippen LogP contribution in [0.15, 0.2) is 40.9 Å². The van der Waals surface area contributed by atoms with Gasteiger partial charge in [-0.15, -0.1) is 5.10 Å². The van der Waals surface area contributed by atoms with Gasteiger partial charge in [0.15, 0.2) is 0 Å². The van der Waals surface area contributed by atoms with Crippen LogP contribution < -0.4 is 10.5 Å². The Balaban J connectivity index is 1.98. The molecule has 4 nitrogen and oxygen atoms in total. The molecule has 19 heavy (non-hydrogen) atoms. The summed E-state index contributed by atoms with van der Waals surface area (Å²) in [7, 11) is 0. The van der Waals surface area contributed by atoms with Gasteiger partial charge >= 0.3 is 0 Å². The zero-order valence-corrected chi connectivity index (χ0v) is 12.2. The molecule has 0 fully saturated rings. The van der Waals surface area contributed by atoms with E-state index in [1.54, 1.807) is 0 Å². The van der Waals surface area contributed by atoms with E-state index in [0.717, 1.165) is 26.0 Å². The highest BCUT2D eigenvalue weighted by Gasteiger charge is 2.10. The second-order valence-electron chi connectivity index (χ2n) is 3.87. The molecule has 0 aliphatic rings. The van der Waals surface area contributed by atoms with Crippen molar-refractivity contribution < 1.29 is 4.74 Å². The van der Waals surface area contributed by atoms with Gasteiger partial charge in [0, 0.05) is 6.54 Å². The minimum atomic E-state index is 0.375. The smallest absolute Gasteiger partial charge is 0.299 e. The maximum absolute atomic E-state index is 5.74. The Morgan fingerprint density at radius 3 is 2.79 bits per heavy atom. The van der Waals surface area contributed by atoms with Crippen LogP contribution in [0.25, 0.3) is 10.8 Å². The van der Waals surface area contributed by atoms with Gasteiger partial charge in [-0.2, -0.15) is 0 Å². The van der Waals surface area contributed by atoms with E-state index in [1.807, 2.05) is 30.3 Å².